The molecule has 8 nitrogen and oxygen atoms in total. The van der Waals surface area contributed by atoms with Gasteiger partial charge in [0.25, 0.3) is 0 Å². The molecule has 1 aliphatic rings. The van der Waals surface area contributed by atoms with E-state index in [2.05, 4.69) is 15.4 Å². The van der Waals surface area contributed by atoms with Gasteiger partial charge in [-0.25, -0.2) is 4.98 Å². The molecule has 1 N–H and O–H groups in total. The molecule has 1 fully saturated rings. The largest absolute Gasteiger partial charge is 0.497 e. The second-order valence-corrected chi connectivity index (χ2v) is 6.90. The van der Waals surface area contributed by atoms with Crippen LogP contribution < -0.4 is 15.0 Å². The molecule has 0 spiro atoms. The predicted octanol–water partition coefficient (Wildman–Crippen LogP) is 2.28. The second-order valence-electron chi connectivity index (χ2n) is 6.90. The number of hydrogen-bond acceptors (Lipinski definition) is 5. The van der Waals surface area contributed by atoms with Gasteiger partial charge in [0.2, 0.25) is 11.8 Å². The molecular weight excluding hydrogens is 358 g/mol. The van der Waals surface area contributed by atoms with E-state index >= 15 is 0 Å². The van der Waals surface area contributed by atoms with Gasteiger partial charge >= 0.3 is 0 Å². The van der Waals surface area contributed by atoms with Gasteiger partial charge in [0.15, 0.2) is 5.65 Å². The number of benzene rings is 1. The SMILES string of the molecule is COc1ccc(N2CC(C(=O)Nc3cnc4c(c3)c(C)nn4C)CC2=O)cc1. The smallest absolute Gasteiger partial charge is 0.229 e. The maximum atomic E-state index is 12.7. The zero-order valence-corrected chi connectivity index (χ0v) is 16.0. The Kier molecular flexibility index (Phi) is 4.46. The lowest BCUT2D eigenvalue weighted by molar-refractivity contribution is -0.122. The average molecular weight is 379 g/mol. The summed E-state index contributed by atoms with van der Waals surface area (Å²) in [5.74, 6) is 0.0487. The van der Waals surface area contributed by atoms with E-state index in [-0.39, 0.29) is 18.2 Å². The Labute approximate surface area is 162 Å². The molecule has 0 aliphatic carbocycles. The van der Waals surface area contributed by atoms with Crippen LogP contribution in [0.15, 0.2) is 36.5 Å². The standard InChI is InChI=1S/C20H21N5O3/c1-12-17-9-14(10-21-19(17)24(2)23-12)22-20(27)13-8-18(26)25(11-13)15-4-6-16(28-3)7-5-15/h4-7,9-10,13H,8,11H2,1-3H3,(H,22,27). The molecular formula is C20H21N5O3. The Morgan fingerprint density at radius 3 is 2.75 bits per heavy atom. The lowest BCUT2D eigenvalue weighted by Gasteiger charge is -2.17. The minimum Gasteiger partial charge on any atom is -0.497 e. The van der Waals surface area contributed by atoms with Gasteiger partial charge in [0.1, 0.15) is 5.75 Å². The summed E-state index contributed by atoms with van der Waals surface area (Å²) in [6.45, 7) is 2.25. The highest BCUT2D eigenvalue weighted by Crippen LogP contribution is 2.28. The van der Waals surface area contributed by atoms with Crippen LogP contribution in [0.1, 0.15) is 12.1 Å². The number of aryl methyl sites for hydroxylation is 2. The zero-order chi connectivity index (χ0) is 19.8. The van der Waals surface area contributed by atoms with Crippen molar-refractivity contribution in [3.05, 3.63) is 42.2 Å². The van der Waals surface area contributed by atoms with Crippen molar-refractivity contribution in [2.75, 3.05) is 23.9 Å². The van der Waals surface area contributed by atoms with Crippen LogP contribution in [0.2, 0.25) is 0 Å². The molecule has 0 saturated carbocycles. The first-order valence-electron chi connectivity index (χ1n) is 9.01. The second kappa shape index (κ2) is 6.95. The van der Waals surface area contributed by atoms with Crippen LogP contribution in [-0.2, 0) is 16.6 Å². The third-order valence-corrected chi connectivity index (χ3v) is 5.01. The Morgan fingerprint density at radius 1 is 1.29 bits per heavy atom. The fourth-order valence-corrected chi connectivity index (χ4v) is 3.52. The van der Waals surface area contributed by atoms with E-state index in [0.29, 0.717) is 12.2 Å². The van der Waals surface area contributed by atoms with Crippen LogP contribution in [0.5, 0.6) is 5.75 Å². The number of ether oxygens (including phenoxy) is 1. The lowest BCUT2D eigenvalue weighted by atomic mass is 10.1. The van der Waals surface area contributed by atoms with E-state index in [0.717, 1.165) is 28.2 Å². The number of carbonyl (C=O) groups is 2. The van der Waals surface area contributed by atoms with Gasteiger partial charge in [-0.3, -0.25) is 14.3 Å². The maximum absolute atomic E-state index is 12.7. The molecule has 3 aromatic rings. The first-order valence-corrected chi connectivity index (χ1v) is 9.01. The van der Waals surface area contributed by atoms with E-state index in [1.807, 2.05) is 32.2 Å². The Bertz CT molecular complexity index is 1060. The summed E-state index contributed by atoms with van der Waals surface area (Å²) in [7, 11) is 3.42. The number of fused-ring (bicyclic) bond motifs is 1. The number of nitrogens with zero attached hydrogens (tertiary/aromatic N) is 4. The van der Waals surface area contributed by atoms with Crippen molar-refractivity contribution >= 4 is 34.2 Å². The third kappa shape index (κ3) is 3.17. The highest BCUT2D eigenvalue weighted by molar-refractivity contribution is 6.03. The lowest BCUT2D eigenvalue weighted by Crippen LogP contribution is -2.28. The number of aromatic nitrogens is 3. The molecule has 2 amide bonds. The summed E-state index contributed by atoms with van der Waals surface area (Å²) < 4.78 is 6.85. The van der Waals surface area contributed by atoms with Crippen LogP contribution in [0.25, 0.3) is 11.0 Å². The van der Waals surface area contributed by atoms with Crippen LogP contribution in [0.4, 0.5) is 11.4 Å². The molecule has 1 saturated heterocycles. The highest BCUT2D eigenvalue weighted by Gasteiger charge is 2.35. The fourth-order valence-electron chi connectivity index (χ4n) is 3.52. The quantitative estimate of drug-likeness (QED) is 0.751. The van der Waals surface area contributed by atoms with E-state index in [1.54, 1.807) is 35.0 Å². The highest BCUT2D eigenvalue weighted by atomic mass is 16.5. The molecule has 1 atom stereocenters. The van der Waals surface area contributed by atoms with Gasteiger partial charge in [-0.2, -0.15) is 5.10 Å². The average Bonchev–Trinajstić information content (AvgIpc) is 3.22. The van der Waals surface area contributed by atoms with Crippen LogP contribution in [0.3, 0.4) is 0 Å². The summed E-state index contributed by atoms with van der Waals surface area (Å²) in [5.41, 5.74) is 2.97. The minimum absolute atomic E-state index is 0.0676. The molecule has 2 aromatic heterocycles. The summed E-state index contributed by atoms with van der Waals surface area (Å²) >= 11 is 0. The van der Waals surface area contributed by atoms with Crippen molar-refractivity contribution in [2.24, 2.45) is 13.0 Å². The van der Waals surface area contributed by atoms with E-state index < -0.39 is 5.92 Å². The van der Waals surface area contributed by atoms with Gasteiger partial charge in [-0.1, -0.05) is 0 Å². The molecule has 144 valence electrons. The summed E-state index contributed by atoms with van der Waals surface area (Å²) in [6.07, 6.45) is 1.79. The van der Waals surface area contributed by atoms with Crippen molar-refractivity contribution < 1.29 is 14.3 Å². The zero-order valence-electron chi connectivity index (χ0n) is 16.0. The van der Waals surface area contributed by atoms with Crippen molar-refractivity contribution in [3.8, 4) is 5.75 Å². The molecule has 8 heteroatoms. The molecule has 1 aliphatic heterocycles. The number of amides is 2. The van der Waals surface area contributed by atoms with E-state index in [1.165, 1.54) is 0 Å². The van der Waals surface area contributed by atoms with Crippen molar-refractivity contribution in [1.82, 2.24) is 14.8 Å². The van der Waals surface area contributed by atoms with Crippen molar-refractivity contribution in [3.63, 3.8) is 0 Å². The molecule has 0 radical (unpaired) electrons. The Morgan fingerprint density at radius 2 is 2.04 bits per heavy atom. The summed E-state index contributed by atoms with van der Waals surface area (Å²) in [5, 5.41) is 8.11. The molecule has 0 bridgehead atoms. The number of hydrogen-bond donors (Lipinski definition) is 1. The van der Waals surface area contributed by atoms with Crippen molar-refractivity contribution in [2.45, 2.75) is 13.3 Å². The first-order chi connectivity index (χ1) is 13.5. The van der Waals surface area contributed by atoms with Crippen LogP contribution in [0, 0.1) is 12.8 Å². The predicted molar refractivity (Wildman–Crippen MR) is 105 cm³/mol. The third-order valence-electron chi connectivity index (χ3n) is 5.01. The number of nitrogens with one attached hydrogen (secondary N) is 1. The summed E-state index contributed by atoms with van der Waals surface area (Å²) in [6, 6.07) is 9.10. The molecule has 1 aromatic carbocycles. The monoisotopic (exact) mass is 379 g/mol. The van der Waals surface area contributed by atoms with E-state index in [9.17, 15) is 9.59 Å². The van der Waals surface area contributed by atoms with Crippen LogP contribution >= 0.6 is 0 Å². The molecule has 3 heterocycles. The number of carbonyl (C=O) groups excluding carboxylic acids is 2. The summed E-state index contributed by atoms with van der Waals surface area (Å²) in [4.78, 5) is 31.1. The first kappa shape index (κ1) is 18.0. The van der Waals surface area contributed by atoms with Crippen LogP contribution in [-0.4, -0.2) is 40.2 Å². The topological polar surface area (TPSA) is 89.3 Å². The number of methoxy groups -OCH3 is 1. The Hall–Kier alpha value is -3.42. The molecule has 28 heavy (non-hydrogen) atoms. The molecule has 4 rings (SSSR count). The van der Waals surface area contributed by atoms with Gasteiger partial charge in [-0.05, 0) is 37.3 Å². The van der Waals surface area contributed by atoms with Gasteiger partial charge in [-0.15, -0.1) is 0 Å². The van der Waals surface area contributed by atoms with Gasteiger partial charge < -0.3 is 15.0 Å². The Balaban J connectivity index is 1.48. The molecule has 1 unspecified atom stereocenters. The van der Waals surface area contributed by atoms with Crippen molar-refractivity contribution in [1.29, 1.82) is 0 Å². The fraction of sp³-hybridized carbons (Fsp3) is 0.300. The minimum atomic E-state index is -0.416. The maximum Gasteiger partial charge on any atom is 0.229 e. The van der Waals surface area contributed by atoms with E-state index in [4.69, 9.17) is 4.74 Å². The number of anilines is 2. The van der Waals surface area contributed by atoms with Gasteiger partial charge in [0, 0.05) is 31.1 Å². The van der Waals surface area contributed by atoms with Gasteiger partial charge in [0.05, 0.1) is 30.6 Å². The number of pyridine rings is 1. The number of rotatable bonds is 4. The normalized spacial score (nSPS) is 16.6.